The fraction of sp³-hybridized carbons (Fsp3) is 0.190. The van der Waals surface area contributed by atoms with Crippen molar-refractivity contribution in [1.29, 1.82) is 0 Å². The fourth-order valence-electron chi connectivity index (χ4n) is 3.13. The van der Waals surface area contributed by atoms with Crippen molar-refractivity contribution in [1.82, 2.24) is 4.90 Å². The summed E-state index contributed by atoms with van der Waals surface area (Å²) in [5, 5.41) is 0. The van der Waals surface area contributed by atoms with Gasteiger partial charge in [-0.05, 0) is 35.9 Å². The molecule has 0 saturated carbocycles. The maximum atomic E-state index is 13.1. The maximum absolute atomic E-state index is 13.1. The average Bonchev–Trinajstić information content (AvgIpc) is 2.90. The third-order valence-corrected chi connectivity index (χ3v) is 4.52. The van der Waals surface area contributed by atoms with Crippen LogP contribution in [0.2, 0.25) is 0 Å². The number of hydrogen-bond donors (Lipinski definition) is 0. The summed E-state index contributed by atoms with van der Waals surface area (Å²) in [7, 11) is 0. The van der Waals surface area contributed by atoms with Crippen molar-refractivity contribution in [2.75, 3.05) is 19.7 Å². The quantitative estimate of drug-likeness (QED) is 0.828. The second-order valence-electron chi connectivity index (χ2n) is 6.22. The Bertz CT molecular complexity index is 873. The molecule has 0 N–H and O–H groups in total. The maximum Gasteiger partial charge on any atom is 0.254 e. The molecule has 4 nitrogen and oxygen atoms in total. The topological polar surface area (TPSA) is 38.8 Å². The van der Waals surface area contributed by atoms with Crippen LogP contribution >= 0.6 is 0 Å². The standard InChI is InChI=1S/C21H18FNO3/c22-18-7-5-15(6-8-18)20-14-23(10-12-26-20)21(24)17-9-11-25-19-4-2-1-3-16(19)13-17/h1-9,11,13,20H,10,12,14H2/t20-/m1/s1. The van der Waals surface area contributed by atoms with Crippen LogP contribution in [0.1, 0.15) is 17.2 Å². The summed E-state index contributed by atoms with van der Waals surface area (Å²) in [6, 6.07) is 13.8. The van der Waals surface area contributed by atoms with Gasteiger partial charge in [-0.1, -0.05) is 30.3 Å². The van der Waals surface area contributed by atoms with Gasteiger partial charge >= 0.3 is 0 Å². The minimum absolute atomic E-state index is 0.0723. The molecule has 2 aliphatic heterocycles. The average molecular weight is 351 g/mol. The summed E-state index contributed by atoms with van der Waals surface area (Å²) in [5.74, 6) is 0.361. The number of amides is 1. The number of ether oxygens (including phenoxy) is 2. The van der Waals surface area contributed by atoms with E-state index in [1.807, 2.05) is 30.3 Å². The van der Waals surface area contributed by atoms with Gasteiger partial charge in [-0.15, -0.1) is 0 Å². The normalized spacial score (nSPS) is 19.2. The Morgan fingerprint density at radius 1 is 1.12 bits per heavy atom. The molecule has 2 aromatic carbocycles. The molecule has 0 bridgehead atoms. The largest absolute Gasteiger partial charge is 0.464 e. The van der Waals surface area contributed by atoms with Gasteiger partial charge in [0.05, 0.1) is 19.4 Å². The number of fused-ring (bicyclic) bond motifs is 1. The number of para-hydroxylation sites is 1. The van der Waals surface area contributed by atoms with E-state index in [-0.39, 0.29) is 17.8 Å². The highest BCUT2D eigenvalue weighted by molar-refractivity contribution is 6.01. The Hall–Kier alpha value is -2.92. The van der Waals surface area contributed by atoms with Crippen molar-refractivity contribution in [2.24, 2.45) is 0 Å². The minimum Gasteiger partial charge on any atom is -0.464 e. The van der Waals surface area contributed by atoms with Gasteiger partial charge < -0.3 is 14.4 Å². The number of morpholine rings is 1. The van der Waals surface area contributed by atoms with E-state index < -0.39 is 0 Å². The summed E-state index contributed by atoms with van der Waals surface area (Å²) in [6.07, 6.45) is 4.80. The number of halogens is 1. The summed E-state index contributed by atoms with van der Waals surface area (Å²) in [5.41, 5.74) is 2.29. The van der Waals surface area contributed by atoms with E-state index in [4.69, 9.17) is 9.47 Å². The van der Waals surface area contributed by atoms with E-state index in [2.05, 4.69) is 0 Å². The SMILES string of the molecule is O=C(C1=Cc2ccccc2OC=C1)N1CCO[C@@H](c2ccc(F)cc2)C1. The molecular formula is C21H18FNO3. The Morgan fingerprint density at radius 3 is 2.77 bits per heavy atom. The van der Waals surface area contributed by atoms with Crippen molar-refractivity contribution >= 4 is 12.0 Å². The smallest absolute Gasteiger partial charge is 0.254 e. The van der Waals surface area contributed by atoms with Gasteiger partial charge in [0.2, 0.25) is 0 Å². The van der Waals surface area contributed by atoms with Gasteiger partial charge in [0.25, 0.3) is 5.91 Å². The Kier molecular flexibility index (Phi) is 4.54. The third-order valence-electron chi connectivity index (χ3n) is 4.52. The van der Waals surface area contributed by atoms with Crippen molar-refractivity contribution < 1.29 is 18.7 Å². The molecule has 0 unspecified atom stereocenters. The molecule has 5 heteroatoms. The molecule has 132 valence electrons. The van der Waals surface area contributed by atoms with Crippen LogP contribution < -0.4 is 4.74 Å². The molecule has 1 saturated heterocycles. The minimum atomic E-state index is -0.287. The number of rotatable bonds is 2. The first kappa shape index (κ1) is 16.5. The monoisotopic (exact) mass is 351 g/mol. The zero-order valence-electron chi connectivity index (χ0n) is 14.1. The summed E-state index contributed by atoms with van der Waals surface area (Å²) in [4.78, 5) is 14.7. The van der Waals surface area contributed by atoms with Gasteiger partial charge in [0, 0.05) is 17.7 Å². The molecular weight excluding hydrogens is 333 g/mol. The molecule has 0 radical (unpaired) electrons. The molecule has 0 aliphatic carbocycles. The van der Waals surface area contributed by atoms with Crippen LogP contribution in [0.5, 0.6) is 5.75 Å². The van der Waals surface area contributed by atoms with Gasteiger partial charge in [0.1, 0.15) is 17.7 Å². The number of carbonyl (C=O) groups is 1. The van der Waals surface area contributed by atoms with Crippen LogP contribution in [0.15, 0.2) is 66.4 Å². The van der Waals surface area contributed by atoms with Gasteiger partial charge in [0.15, 0.2) is 0 Å². The van der Waals surface area contributed by atoms with Crippen molar-refractivity contribution in [2.45, 2.75) is 6.10 Å². The number of carbonyl (C=O) groups excluding carboxylic acids is 1. The molecule has 1 amide bonds. The van der Waals surface area contributed by atoms with Crippen LogP contribution in [0.25, 0.3) is 6.08 Å². The van der Waals surface area contributed by atoms with E-state index in [1.165, 1.54) is 18.4 Å². The number of hydrogen-bond acceptors (Lipinski definition) is 3. The number of nitrogens with zero attached hydrogens (tertiary/aromatic N) is 1. The Balaban J connectivity index is 1.54. The van der Waals surface area contributed by atoms with E-state index in [0.29, 0.717) is 25.3 Å². The summed E-state index contributed by atoms with van der Waals surface area (Å²) >= 11 is 0. The fourth-order valence-corrected chi connectivity index (χ4v) is 3.13. The summed E-state index contributed by atoms with van der Waals surface area (Å²) in [6.45, 7) is 1.39. The molecule has 2 aromatic rings. The van der Waals surface area contributed by atoms with E-state index in [9.17, 15) is 9.18 Å². The zero-order chi connectivity index (χ0) is 17.9. The van der Waals surface area contributed by atoms with Crippen molar-refractivity contribution in [3.8, 4) is 5.75 Å². The molecule has 0 spiro atoms. The second kappa shape index (κ2) is 7.14. The molecule has 2 aliphatic rings. The lowest BCUT2D eigenvalue weighted by Gasteiger charge is -2.33. The first-order chi connectivity index (χ1) is 12.7. The lowest BCUT2D eigenvalue weighted by Crippen LogP contribution is -2.42. The van der Waals surface area contributed by atoms with Gasteiger partial charge in [-0.2, -0.15) is 0 Å². The van der Waals surface area contributed by atoms with Crippen LogP contribution in [-0.4, -0.2) is 30.5 Å². The van der Waals surface area contributed by atoms with Crippen LogP contribution in [0.3, 0.4) is 0 Å². The lowest BCUT2D eigenvalue weighted by atomic mass is 10.1. The highest BCUT2D eigenvalue weighted by Crippen LogP contribution is 2.27. The van der Waals surface area contributed by atoms with E-state index in [0.717, 1.165) is 16.9 Å². The lowest BCUT2D eigenvalue weighted by molar-refractivity contribution is -0.134. The first-order valence-corrected chi connectivity index (χ1v) is 8.51. The van der Waals surface area contributed by atoms with Crippen LogP contribution in [0, 0.1) is 5.82 Å². The van der Waals surface area contributed by atoms with Crippen LogP contribution in [0.4, 0.5) is 4.39 Å². The predicted octanol–water partition coefficient (Wildman–Crippen LogP) is 3.72. The third kappa shape index (κ3) is 3.39. The predicted molar refractivity (Wildman–Crippen MR) is 95.9 cm³/mol. The highest BCUT2D eigenvalue weighted by atomic mass is 19.1. The Labute approximate surface area is 151 Å². The van der Waals surface area contributed by atoms with Crippen LogP contribution in [-0.2, 0) is 9.53 Å². The van der Waals surface area contributed by atoms with Gasteiger partial charge in [-0.3, -0.25) is 4.79 Å². The van der Waals surface area contributed by atoms with E-state index >= 15 is 0 Å². The molecule has 4 rings (SSSR count). The van der Waals surface area contributed by atoms with Crippen molar-refractivity contribution in [3.05, 3.63) is 83.4 Å². The second-order valence-corrected chi connectivity index (χ2v) is 6.22. The Morgan fingerprint density at radius 2 is 1.92 bits per heavy atom. The van der Waals surface area contributed by atoms with E-state index in [1.54, 1.807) is 23.1 Å². The molecule has 2 heterocycles. The van der Waals surface area contributed by atoms with Gasteiger partial charge in [-0.25, -0.2) is 4.39 Å². The first-order valence-electron chi connectivity index (χ1n) is 8.51. The number of benzene rings is 2. The molecule has 26 heavy (non-hydrogen) atoms. The molecule has 1 atom stereocenters. The zero-order valence-corrected chi connectivity index (χ0v) is 14.1. The highest BCUT2D eigenvalue weighted by Gasteiger charge is 2.27. The molecule has 1 fully saturated rings. The summed E-state index contributed by atoms with van der Waals surface area (Å²) < 4.78 is 24.5. The van der Waals surface area contributed by atoms with Crippen molar-refractivity contribution in [3.63, 3.8) is 0 Å². The molecule has 0 aromatic heterocycles.